The maximum atomic E-state index is 11.9. The predicted molar refractivity (Wildman–Crippen MR) is 101 cm³/mol. The summed E-state index contributed by atoms with van der Waals surface area (Å²) < 4.78 is 5.72. The SMILES string of the molecule is CSCC(=O)NNC(=O)c1ccc(COc2ccc(Cl)c(C)c2)cc1. The van der Waals surface area contributed by atoms with Crippen LogP contribution in [0.15, 0.2) is 42.5 Å². The molecule has 2 aromatic carbocycles. The third kappa shape index (κ3) is 5.99. The van der Waals surface area contributed by atoms with E-state index in [1.54, 1.807) is 30.3 Å². The highest BCUT2D eigenvalue weighted by atomic mass is 35.5. The van der Waals surface area contributed by atoms with E-state index < -0.39 is 0 Å². The second kappa shape index (κ2) is 9.34. The Balaban J connectivity index is 1.87. The smallest absolute Gasteiger partial charge is 0.269 e. The number of nitrogens with one attached hydrogen (secondary N) is 2. The van der Waals surface area contributed by atoms with E-state index in [9.17, 15) is 9.59 Å². The molecular formula is C18H19ClN2O3S. The van der Waals surface area contributed by atoms with Crippen molar-refractivity contribution < 1.29 is 14.3 Å². The van der Waals surface area contributed by atoms with Gasteiger partial charge in [-0.15, -0.1) is 0 Å². The fourth-order valence-corrected chi connectivity index (χ4v) is 2.44. The second-order valence-corrected chi connectivity index (χ2v) is 6.61. The summed E-state index contributed by atoms with van der Waals surface area (Å²) in [4.78, 5) is 23.3. The number of rotatable bonds is 6. The summed E-state index contributed by atoms with van der Waals surface area (Å²) in [6.45, 7) is 2.30. The lowest BCUT2D eigenvalue weighted by Gasteiger charge is -2.09. The quantitative estimate of drug-likeness (QED) is 0.756. The average Bonchev–Trinajstić information content (AvgIpc) is 2.61. The summed E-state index contributed by atoms with van der Waals surface area (Å²) in [6.07, 6.45) is 1.81. The summed E-state index contributed by atoms with van der Waals surface area (Å²) >= 11 is 7.37. The minimum absolute atomic E-state index is 0.246. The number of hydrazine groups is 1. The van der Waals surface area contributed by atoms with E-state index in [-0.39, 0.29) is 11.8 Å². The number of hydrogen-bond donors (Lipinski definition) is 2. The fourth-order valence-electron chi connectivity index (χ4n) is 1.99. The molecule has 0 aliphatic carbocycles. The van der Waals surface area contributed by atoms with E-state index in [0.717, 1.165) is 16.9 Å². The standard InChI is InChI=1S/C18H19ClN2O3S/c1-12-9-15(7-8-16(12)19)24-10-13-3-5-14(6-4-13)18(23)21-20-17(22)11-25-2/h3-9H,10-11H2,1-2H3,(H,20,22)(H,21,23). The van der Waals surface area contributed by atoms with Crippen molar-refractivity contribution in [1.29, 1.82) is 0 Å². The number of halogens is 1. The molecule has 7 heteroatoms. The van der Waals surface area contributed by atoms with Gasteiger partial charge in [0.15, 0.2) is 0 Å². The first-order valence-corrected chi connectivity index (χ1v) is 9.33. The molecular weight excluding hydrogens is 360 g/mol. The number of carbonyl (C=O) groups is 2. The number of ether oxygens (including phenoxy) is 1. The number of carbonyl (C=O) groups excluding carboxylic acids is 2. The normalized spacial score (nSPS) is 10.2. The Morgan fingerprint density at radius 3 is 2.48 bits per heavy atom. The van der Waals surface area contributed by atoms with Gasteiger partial charge in [-0.1, -0.05) is 23.7 Å². The molecule has 0 aliphatic heterocycles. The van der Waals surface area contributed by atoms with Crippen molar-refractivity contribution in [2.24, 2.45) is 0 Å². The number of thioether (sulfide) groups is 1. The Kier molecular flexibility index (Phi) is 7.16. The zero-order valence-corrected chi connectivity index (χ0v) is 15.5. The van der Waals surface area contributed by atoms with Crippen molar-refractivity contribution in [2.75, 3.05) is 12.0 Å². The van der Waals surface area contributed by atoms with Gasteiger partial charge in [0.05, 0.1) is 5.75 Å². The molecule has 0 radical (unpaired) electrons. The van der Waals surface area contributed by atoms with Crippen LogP contribution in [0.5, 0.6) is 5.75 Å². The Labute approximate surface area is 156 Å². The van der Waals surface area contributed by atoms with E-state index in [2.05, 4.69) is 10.9 Å². The van der Waals surface area contributed by atoms with Gasteiger partial charge in [-0.05, 0) is 54.6 Å². The first-order chi connectivity index (χ1) is 12.0. The van der Waals surface area contributed by atoms with Crippen LogP contribution < -0.4 is 15.6 Å². The van der Waals surface area contributed by atoms with Crippen molar-refractivity contribution in [3.8, 4) is 5.75 Å². The molecule has 2 N–H and O–H groups in total. The molecule has 0 aliphatic rings. The van der Waals surface area contributed by atoms with Crippen molar-refractivity contribution in [3.05, 3.63) is 64.2 Å². The summed E-state index contributed by atoms with van der Waals surface area (Å²) in [5, 5.41) is 0.701. The van der Waals surface area contributed by atoms with Crippen LogP contribution in [-0.2, 0) is 11.4 Å². The molecule has 132 valence electrons. The predicted octanol–water partition coefficient (Wildman–Crippen LogP) is 3.35. The third-order valence-electron chi connectivity index (χ3n) is 3.34. The zero-order chi connectivity index (χ0) is 18.2. The highest BCUT2D eigenvalue weighted by molar-refractivity contribution is 7.99. The van der Waals surface area contributed by atoms with Crippen LogP contribution >= 0.6 is 23.4 Å². The summed E-state index contributed by atoms with van der Waals surface area (Å²) in [6, 6.07) is 12.5. The van der Waals surface area contributed by atoms with Gasteiger partial charge in [-0.2, -0.15) is 11.8 Å². The Morgan fingerprint density at radius 1 is 1.12 bits per heavy atom. The van der Waals surface area contributed by atoms with Crippen molar-refractivity contribution in [1.82, 2.24) is 10.9 Å². The Morgan fingerprint density at radius 2 is 1.84 bits per heavy atom. The molecule has 5 nitrogen and oxygen atoms in total. The molecule has 2 aromatic rings. The van der Waals surface area contributed by atoms with Crippen molar-refractivity contribution in [3.63, 3.8) is 0 Å². The highest BCUT2D eigenvalue weighted by Gasteiger charge is 2.07. The molecule has 0 saturated heterocycles. The first kappa shape index (κ1) is 19.1. The van der Waals surface area contributed by atoms with Crippen LogP contribution in [-0.4, -0.2) is 23.8 Å². The molecule has 0 unspecified atom stereocenters. The number of benzene rings is 2. The van der Waals surface area contributed by atoms with Gasteiger partial charge in [-0.25, -0.2) is 0 Å². The van der Waals surface area contributed by atoms with Crippen molar-refractivity contribution >= 4 is 35.2 Å². The lowest BCUT2D eigenvalue weighted by molar-refractivity contribution is -0.119. The largest absolute Gasteiger partial charge is 0.489 e. The van der Waals surface area contributed by atoms with Gasteiger partial charge in [0.25, 0.3) is 5.91 Å². The van der Waals surface area contributed by atoms with E-state index in [1.807, 2.05) is 25.3 Å². The summed E-state index contributed by atoms with van der Waals surface area (Å²) in [5.74, 6) is 0.417. The molecule has 0 aromatic heterocycles. The van der Waals surface area contributed by atoms with E-state index in [0.29, 0.717) is 22.9 Å². The van der Waals surface area contributed by atoms with Crippen LogP contribution in [0.4, 0.5) is 0 Å². The number of hydrogen-bond acceptors (Lipinski definition) is 4. The summed E-state index contributed by atoms with van der Waals surface area (Å²) in [5.41, 5.74) is 7.07. The van der Waals surface area contributed by atoms with Crippen molar-refractivity contribution in [2.45, 2.75) is 13.5 Å². The van der Waals surface area contributed by atoms with E-state index in [1.165, 1.54) is 11.8 Å². The van der Waals surface area contributed by atoms with E-state index in [4.69, 9.17) is 16.3 Å². The van der Waals surface area contributed by atoms with Gasteiger partial charge >= 0.3 is 0 Å². The third-order valence-corrected chi connectivity index (χ3v) is 4.32. The maximum absolute atomic E-state index is 11.9. The molecule has 0 saturated carbocycles. The Bertz CT molecular complexity index is 750. The minimum Gasteiger partial charge on any atom is -0.489 e. The lowest BCUT2D eigenvalue weighted by atomic mass is 10.1. The van der Waals surface area contributed by atoms with Gasteiger partial charge in [-0.3, -0.25) is 20.4 Å². The number of aryl methyl sites for hydroxylation is 1. The minimum atomic E-state index is -0.366. The summed E-state index contributed by atoms with van der Waals surface area (Å²) in [7, 11) is 0. The first-order valence-electron chi connectivity index (χ1n) is 7.55. The lowest BCUT2D eigenvalue weighted by Crippen LogP contribution is -2.42. The van der Waals surface area contributed by atoms with Gasteiger partial charge in [0.2, 0.25) is 5.91 Å². The second-order valence-electron chi connectivity index (χ2n) is 5.33. The molecule has 2 rings (SSSR count). The zero-order valence-electron chi connectivity index (χ0n) is 14.0. The average molecular weight is 379 g/mol. The maximum Gasteiger partial charge on any atom is 0.269 e. The molecule has 0 bridgehead atoms. The van der Waals surface area contributed by atoms with Crippen LogP contribution in [0.2, 0.25) is 5.02 Å². The molecule has 0 atom stereocenters. The van der Waals surface area contributed by atoms with E-state index >= 15 is 0 Å². The van der Waals surface area contributed by atoms with Gasteiger partial charge in [0.1, 0.15) is 12.4 Å². The number of amides is 2. The molecule has 25 heavy (non-hydrogen) atoms. The van der Waals surface area contributed by atoms with Gasteiger partial charge in [0, 0.05) is 10.6 Å². The fraction of sp³-hybridized carbons (Fsp3) is 0.222. The van der Waals surface area contributed by atoms with Crippen LogP contribution in [0.3, 0.4) is 0 Å². The van der Waals surface area contributed by atoms with Gasteiger partial charge < -0.3 is 4.74 Å². The topological polar surface area (TPSA) is 67.4 Å². The highest BCUT2D eigenvalue weighted by Crippen LogP contribution is 2.21. The van der Waals surface area contributed by atoms with Crippen LogP contribution in [0.1, 0.15) is 21.5 Å². The monoisotopic (exact) mass is 378 g/mol. The molecule has 0 fully saturated rings. The van der Waals surface area contributed by atoms with Crippen LogP contribution in [0.25, 0.3) is 0 Å². The molecule has 0 spiro atoms. The molecule has 0 heterocycles. The molecule has 2 amide bonds. The van der Waals surface area contributed by atoms with Crippen LogP contribution in [0, 0.1) is 6.92 Å². The Hall–Kier alpha value is -2.18.